The number of nitrogens with zero attached hydrogens (tertiary/aromatic N) is 2. The number of hydrogen-bond acceptors (Lipinski definition) is 6. The molecule has 1 saturated heterocycles. The van der Waals surface area contributed by atoms with Gasteiger partial charge in [0.25, 0.3) is 0 Å². The number of thioether (sulfide) groups is 1. The van der Waals surface area contributed by atoms with Crippen LogP contribution in [0.25, 0.3) is 0 Å². The summed E-state index contributed by atoms with van der Waals surface area (Å²) in [5.74, 6) is 4.45. The van der Waals surface area contributed by atoms with Crippen molar-refractivity contribution >= 4 is 44.7 Å². The van der Waals surface area contributed by atoms with E-state index >= 15 is 0 Å². The third-order valence-corrected chi connectivity index (χ3v) is 5.27. The number of hydrogen-bond donors (Lipinski definition) is 2. The zero-order chi connectivity index (χ0) is 18.8. The number of carboxylic acid groups (broad SMARTS) is 1. The van der Waals surface area contributed by atoms with Crippen molar-refractivity contribution < 1.29 is 24.3 Å². The van der Waals surface area contributed by atoms with E-state index < -0.39 is 11.2 Å². The molecule has 1 fully saturated rings. The molecule has 25 heavy (non-hydrogen) atoms. The molecule has 142 valence electrons. The molecule has 3 N–H and O–H groups in total. The highest BCUT2D eigenvalue weighted by Crippen LogP contribution is 2.26. The van der Waals surface area contributed by atoms with Crippen LogP contribution in [0.15, 0.2) is 0 Å². The summed E-state index contributed by atoms with van der Waals surface area (Å²) in [5.41, 5.74) is 0. The van der Waals surface area contributed by atoms with Gasteiger partial charge in [-0.15, -0.1) is 21.0 Å². The Balaban J connectivity index is 2.24. The average molecular weight is 391 g/mol. The van der Waals surface area contributed by atoms with Crippen LogP contribution < -0.4 is 5.84 Å². The number of amides is 3. The van der Waals surface area contributed by atoms with Gasteiger partial charge in [-0.05, 0) is 19.0 Å². The van der Waals surface area contributed by atoms with Crippen molar-refractivity contribution in [2.45, 2.75) is 43.8 Å². The Bertz CT molecular complexity index is 506. The Labute approximate surface area is 154 Å². The van der Waals surface area contributed by atoms with Crippen LogP contribution in [0.1, 0.15) is 38.5 Å². The van der Waals surface area contributed by atoms with Crippen LogP contribution in [0.5, 0.6) is 0 Å². The molecule has 0 spiro atoms. The first kappa shape index (κ1) is 21.9. The Kier molecular flexibility index (Phi) is 10.0. The smallest absolute Gasteiger partial charge is 0.304 e. The highest BCUT2D eigenvalue weighted by Gasteiger charge is 2.38. The van der Waals surface area contributed by atoms with Crippen molar-refractivity contribution in [1.29, 1.82) is 0 Å². The number of carboxylic acids is 1. The molecular formula is C15H26N3O5PS. The predicted octanol–water partition coefficient (Wildman–Crippen LogP) is 0.460. The summed E-state index contributed by atoms with van der Waals surface area (Å²) in [4.78, 5) is 47.5. The molecule has 0 bridgehead atoms. The molecule has 1 aliphatic rings. The van der Waals surface area contributed by atoms with Crippen LogP contribution >= 0.6 is 21.0 Å². The van der Waals surface area contributed by atoms with E-state index in [-0.39, 0.29) is 30.6 Å². The van der Waals surface area contributed by atoms with Crippen molar-refractivity contribution in [3.05, 3.63) is 0 Å². The third kappa shape index (κ3) is 7.71. The lowest BCUT2D eigenvalue weighted by Gasteiger charge is -2.16. The van der Waals surface area contributed by atoms with Crippen molar-refractivity contribution in [2.75, 3.05) is 25.0 Å². The molecule has 0 saturated carbocycles. The summed E-state index contributed by atoms with van der Waals surface area (Å²) in [5, 5.41) is 9.36. The number of carbonyl (C=O) groups excluding carboxylic acids is 3. The van der Waals surface area contributed by atoms with Gasteiger partial charge in [0.05, 0.1) is 11.7 Å². The fourth-order valence-electron chi connectivity index (χ4n) is 2.44. The van der Waals surface area contributed by atoms with Crippen LogP contribution in [0, 0.1) is 0 Å². The molecule has 2 atom stereocenters. The molecule has 0 aliphatic carbocycles. The maximum absolute atomic E-state index is 12.2. The first-order valence-electron chi connectivity index (χ1n) is 8.29. The minimum absolute atomic E-state index is 0.0223. The molecule has 1 rings (SSSR count). The van der Waals surface area contributed by atoms with Crippen molar-refractivity contribution in [1.82, 2.24) is 9.91 Å². The van der Waals surface area contributed by atoms with Crippen molar-refractivity contribution in [2.24, 2.45) is 5.84 Å². The second-order valence-corrected chi connectivity index (χ2v) is 7.67. The van der Waals surface area contributed by atoms with Gasteiger partial charge in [0.2, 0.25) is 17.7 Å². The highest BCUT2D eigenvalue weighted by atomic mass is 32.2. The predicted molar refractivity (Wildman–Crippen MR) is 98.8 cm³/mol. The zero-order valence-corrected chi connectivity index (χ0v) is 16.2. The Morgan fingerprint density at radius 3 is 2.64 bits per heavy atom. The topological polar surface area (TPSA) is 121 Å². The molecule has 0 aromatic carbocycles. The summed E-state index contributed by atoms with van der Waals surface area (Å²) in [6, 6.07) is 0. The maximum atomic E-state index is 12.2. The number of imide groups is 1. The van der Waals surface area contributed by atoms with E-state index in [9.17, 15) is 19.2 Å². The Morgan fingerprint density at radius 2 is 2.00 bits per heavy atom. The summed E-state index contributed by atoms with van der Waals surface area (Å²) in [7, 11) is 2.51. The number of rotatable bonds is 12. The number of hydrazine groups is 1. The van der Waals surface area contributed by atoms with Gasteiger partial charge < -0.3 is 5.11 Å². The van der Waals surface area contributed by atoms with Gasteiger partial charge in [0.1, 0.15) is 0 Å². The molecule has 3 amide bonds. The van der Waals surface area contributed by atoms with Crippen LogP contribution in [0.2, 0.25) is 0 Å². The van der Waals surface area contributed by atoms with Crippen LogP contribution in [-0.2, 0) is 19.2 Å². The molecular weight excluding hydrogens is 365 g/mol. The number of aliphatic carboxylic acids is 1. The largest absolute Gasteiger partial charge is 0.481 e. The average Bonchev–Trinajstić information content (AvgIpc) is 2.81. The van der Waals surface area contributed by atoms with E-state index in [0.717, 1.165) is 12.6 Å². The first-order chi connectivity index (χ1) is 11.9. The second kappa shape index (κ2) is 11.4. The lowest BCUT2D eigenvalue weighted by atomic mass is 10.2. The number of carbonyl (C=O) groups is 4. The fraction of sp³-hybridized carbons (Fsp3) is 0.733. The summed E-state index contributed by atoms with van der Waals surface area (Å²) >= 11 is 1.22. The van der Waals surface area contributed by atoms with Gasteiger partial charge in [0.15, 0.2) is 0 Å². The summed E-state index contributed by atoms with van der Waals surface area (Å²) in [6.45, 7) is 0.848. The lowest BCUT2D eigenvalue weighted by molar-refractivity contribution is -0.139. The Hall–Kier alpha value is -1.18. The maximum Gasteiger partial charge on any atom is 0.304 e. The van der Waals surface area contributed by atoms with Gasteiger partial charge in [-0.2, -0.15) is 0 Å². The molecule has 10 heteroatoms. The zero-order valence-electron chi connectivity index (χ0n) is 14.2. The van der Waals surface area contributed by atoms with E-state index in [0.29, 0.717) is 38.1 Å². The SMILES string of the molecule is NN(CCP)C(=O)CCCCCN1C(=O)CC(SCCC(=O)O)C1=O. The van der Waals surface area contributed by atoms with Crippen LogP contribution in [0.3, 0.4) is 0 Å². The Morgan fingerprint density at radius 1 is 1.28 bits per heavy atom. The lowest BCUT2D eigenvalue weighted by Crippen LogP contribution is -2.38. The number of likely N-dealkylation sites (tertiary alicyclic amines) is 1. The summed E-state index contributed by atoms with van der Waals surface area (Å²) in [6.07, 6.45) is 3.24. The molecule has 2 unspecified atom stereocenters. The van der Waals surface area contributed by atoms with Gasteiger partial charge in [0, 0.05) is 31.7 Å². The van der Waals surface area contributed by atoms with Gasteiger partial charge in [-0.3, -0.25) is 29.1 Å². The monoisotopic (exact) mass is 391 g/mol. The molecule has 1 heterocycles. The molecule has 0 aromatic rings. The van der Waals surface area contributed by atoms with E-state index in [2.05, 4.69) is 9.24 Å². The quantitative estimate of drug-likeness (QED) is 0.124. The van der Waals surface area contributed by atoms with Crippen LogP contribution in [-0.4, -0.2) is 69.0 Å². The molecule has 0 radical (unpaired) electrons. The second-order valence-electron chi connectivity index (χ2n) is 5.78. The van der Waals surface area contributed by atoms with E-state index in [4.69, 9.17) is 10.9 Å². The van der Waals surface area contributed by atoms with Crippen molar-refractivity contribution in [3.8, 4) is 0 Å². The minimum Gasteiger partial charge on any atom is -0.481 e. The minimum atomic E-state index is -0.913. The third-order valence-electron chi connectivity index (χ3n) is 3.80. The molecule has 0 aromatic heterocycles. The van der Waals surface area contributed by atoms with Gasteiger partial charge in [-0.25, -0.2) is 5.84 Å². The van der Waals surface area contributed by atoms with Gasteiger partial charge in [-0.1, -0.05) is 6.42 Å². The van der Waals surface area contributed by atoms with Crippen LogP contribution in [0.4, 0.5) is 0 Å². The first-order valence-corrected chi connectivity index (χ1v) is 10.2. The van der Waals surface area contributed by atoms with E-state index in [1.54, 1.807) is 0 Å². The number of nitrogens with two attached hydrogens (primary N) is 1. The van der Waals surface area contributed by atoms with Crippen molar-refractivity contribution in [3.63, 3.8) is 0 Å². The molecule has 8 nitrogen and oxygen atoms in total. The normalized spacial score (nSPS) is 17.2. The number of unbranched alkanes of at least 4 members (excludes halogenated alkanes) is 2. The fourth-order valence-corrected chi connectivity index (χ4v) is 3.82. The van der Waals surface area contributed by atoms with E-state index in [1.165, 1.54) is 21.7 Å². The standard InChI is InChI=1S/C15H26N3O5PS/c16-18(7-8-24)12(19)4-2-1-3-6-17-13(20)10-11(15(17)23)25-9-5-14(21)22/h11H,1-10,16,24H2,(H,21,22). The molecule has 1 aliphatic heterocycles. The van der Waals surface area contributed by atoms with Gasteiger partial charge >= 0.3 is 5.97 Å². The summed E-state index contributed by atoms with van der Waals surface area (Å²) < 4.78 is 0. The van der Waals surface area contributed by atoms with E-state index in [1.807, 2.05) is 0 Å². The highest BCUT2D eigenvalue weighted by molar-refractivity contribution is 8.00.